The van der Waals surface area contributed by atoms with Crippen molar-refractivity contribution in [1.29, 1.82) is 0 Å². The van der Waals surface area contributed by atoms with Gasteiger partial charge < -0.3 is 11.1 Å². The molecule has 0 aliphatic heterocycles. The molecule has 0 saturated heterocycles. The number of hydrogen-bond donors (Lipinski definition) is 2. The molecule has 19 heavy (non-hydrogen) atoms. The summed E-state index contributed by atoms with van der Waals surface area (Å²) in [5.41, 5.74) is 7.30. The lowest BCUT2D eigenvalue weighted by Gasteiger charge is -2.43. The van der Waals surface area contributed by atoms with Crippen LogP contribution in [0.15, 0.2) is 24.3 Å². The fourth-order valence-corrected chi connectivity index (χ4v) is 3.21. The first-order valence-corrected chi connectivity index (χ1v) is 7.09. The van der Waals surface area contributed by atoms with E-state index in [1.54, 1.807) is 0 Å². The molecule has 0 heterocycles. The monoisotopic (exact) mass is 260 g/mol. The fraction of sp³-hybridized carbons (Fsp3) is 0.562. The summed E-state index contributed by atoms with van der Waals surface area (Å²) in [6.45, 7) is 6.42. The van der Waals surface area contributed by atoms with Gasteiger partial charge in [-0.05, 0) is 49.7 Å². The van der Waals surface area contributed by atoms with Gasteiger partial charge in [0.05, 0.1) is 0 Å². The standard InChI is InChI=1S/C16H24N2O/c1-11-8-9-16(15(17)19,13(3)10-11)18-14-7-5-4-6-12(14)2/h4-7,11,13,18H,8-10H2,1-3H3,(H2,17,19). The molecule has 2 rings (SSSR count). The number of aryl methyl sites for hydroxylation is 1. The molecule has 0 radical (unpaired) electrons. The molecule has 0 spiro atoms. The number of carbonyl (C=O) groups excluding carboxylic acids is 1. The van der Waals surface area contributed by atoms with Crippen LogP contribution in [0.5, 0.6) is 0 Å². The zero-order valence-corrected chi connectivity index (χ0v) is 12.1. The molecular weight excluding hydrogens is 236 g/mol. The van der Waals surface area contributed by atoms with E-state index in [9.17, 15) is 4.79 Å². The van der Waals surface area contributed by atoms with Gasteiger partial charge in [-0.3, -0.25) is 4.79 Å². The van der Waals surface area contributed by atoms with Crippen LogP contribution < -0.4 is 11.1 Å². The molecule has 104 valence electrons. The maximum Gasteiger partial charge on any atom is 0.243 e. The second kappa shape index (κ2) is 5.24. The highest BCUT2D eigenvalue weighted by Gasteiger charge is 2.45. The Balaban J connectivity index is 2.31. The van der Waals surface area contributed by atoms with Crippen LogP contribution in [0.4, 0.5) is 5.69 Å². The van der Waals surface area contributed by atoms with Crippen molar-refractivity contribution < 1.29 is 4.79 Å². The molecule has 3 heteroatoms. The van der Waals surface area contributed by atoms with Crippen molar-refractivity contribution in [2.24, 2.45) is 17.6 Å². The molecule has 1 fully saturated rings. The van der Waals surface area contributed by atoms with E-state index in [0.717, 1.165) is 30.5 Å². The predicted molar refractivity (Wildman–Crippen MR) is 78.9 cm³/mol. The van der Waals surface area contributed by atoms with Crippen molar-refractivity contribution in [3.8, 4) is 0 Å². The van der Waals surface area contributed by atoms with Crippen LogP contribution in [0, 0.1) is 18.8 Å². The predicted octanol–water partition coefficient (Wildman–Crippen LogP) is 3.09. The van der Waals surface area contributed by atoms with E-state index < -0.39 is 5.54 Å². The third-order valence-corrected chi connectivity index (χ3v) is 4.57. The summed E-state index contributed by atoms with van der Waals surface area (Å²) in [4.78, 5) is 12.1. The van der Waals surface area contributed by atoms with Crippen LogP contribution in [0.2, 0.25) is 0 Å². The SMILES string of the molecule is Cc1ccccc1NC1(C(N)=O)CCC(C)CC1C. The van der Waals surface area contributed by atoms with E-state index >= 15 is 0 Å². The van der Waals surface area contributed by atoms with Crippen molar-refractivity contribution in [2.45, 2.75) is 45.6 Å². The van der Waals surface area contributed by atoms with Crippen LogP contribution in [0.3, 0.4) is 0 Å². The topological polar surface area (TPSA) is 55.1 Å². The first kappa shape index (κ1) is 13.9. The highest BCUT2D eigenvalue weighted by Crippen LogP contribution is 2.39. The van der Waals surface area contributed by atoms with Crippen LogP contribution in [0.1, 0.15) is 38.7 Å². The van der Waals surface area contributed by atoms with Crippen LogP contribution >= 0.6 is 0 Å². The normalized spacial score (nSPS) is 30.9. The number of benzene rings is 1. The molecule has 3 atom stereocenters. The highest BCUT2D eigenvalue weighted by molar-refractivity contribution is 5.88. The van der Waals surface area contributed by atoms with Crippen molar-refractivity contribution in [3.05, 3.63) is 29.8 Å². The number of carbonyl (C=O) groups is 1. The Morgan fingerprint density at radius 1 is 1.37 bits per heavy atom. The largest absolute Gasteiger partial charge is 0.371 e. The molecule has 0 bridgehead atoms. The summed E-state index contributed by atoms with van der Waals surface area (Å²) in [5.74, 6) is 0.699. The molecule has 0 aromatic heterocycles. The van der Waals surface area contributed by atoms with Gasteiger partial charge in [0, 0.05) is 5.69 Å². The van der Waals surface area contributed by atoms with Crippen molar-refractivity contribution in [1.82, 2.24) is 0 Å². The minimum atomic E-state index is -0.599. The second-order valence-electron chi connectivity index (χ2n) is 6.06. The van der Waals surface area contributed by atoms with Gasteiger partial charge in [-0.2, -0.15) is 0 Å². The third kappa shape index (κ3) is 2.60. The molecule has 1 aromatic carbocycles. The van der Waals surface area contributed by atoms with Crippen LogP contribution in [-0.4, -0.2) is 11.4 Å². The number of primary amides is 1. The Morgan fingerprint density at radius 2 is 2.05 bits per heavy atom. The molecule has 3 N–H and O–H groups in total. The average molecular weight is 260 g/mol. The van der Waals surface area contributed by atoms with Gasteiger partial charge in [0.15, 0.2) is 0 Å². The van der Waals surface area contributed by atoms with Crippen LogP contribution in [-0.2, 0) is 4.79 Å². The first-order valence-electron chi connectivity index (χ1n) is 7.09. The Bertz CT molecular complexity index is 472. The zero-order chi connectivity index (χ0) is 14.0. The third-order valence-electron chi connectivity index (χ3n) is 4.57. The summed E-state index contributed by atoms with van der Waals surface area (Å²) >= 11 is 0. The molecule has 1 saturated carbocycles. The molecule has 1 aromatic rings. The van der Waals surface area contributed by atoms with Gasteiger partial charge in [-0.15, -0.1) is 0 Å². The number of nitrogens with one attached hydrogen (secondary N) is 1. The van der Waals surface area contributed by atoms with E-state index in [2.05, 4.69) is 19.2 Å². The lowest BCUT2D eigenvalue weighted by atomic mass is 9.69. The molecule has 3 nitrogen and oxygen atoms in total. The molecule has 3 unspecified atom stereocenters. The van der Waals surface area contributed by atoms with Gasteiger partial charge in [-0.25, -0.2) is 0 Å². The van der Waals surface area contributed by atoms with E-state index in [0.29, 0.717) is 5.92 Å². The minimum Gasteiger partial charge on any atom is -0.371 e. The van der Waals surface area contributed by atoms with Gasteiger partial charge in [0.2, 0.25) is 5.91 Å². The van der Waals surface area contributed by atoms with E-state index in [-0.39, 0.29) is 11.8 Å². The lowest BCUT2D eigenvalue weighted by molar-refractivity contribution is -0.125. The van der Waals surface area contributed by atoms with Gasteiger partial charge >= 0.3 is 0 Å². The zero-order valence-electron chi connectivity index (χ0n) is 12.1. The summed E-state index contributed by atoms with van der Waals surface area (Å²) in [7, 11) is 0. The Kier molecular flexibility index (Phi) is 3.83. The van der Waals surface area contributed by atoms with Crippen molar-refractivity contribution >= 4 is 11.6 Å². The number of nitrogens with two attached hydrogens (primary N) is 1. The second-order valence-corrected chi connectivity index (χ2v) is 6.06. The number of para-hydroxylation sites is 1. The molecule has 1 amide bonds. The lowest BCUT2D eigenvalue weighted by Crippen LogP contribution is -2.57. The summed E-state index contributed by atoms with van der Waals surface area (Å²) in [6.07, 6.45) is 2.91. The Morgan fingerprint density at radius 3 is 2.63 bits per heavy atom. The Hall–Kier alpha value is -1.51. The minimum absolute atomic E-state index is 0.227. The maximum atomic E-state index is 12.1. The number of rotatable bonds is 3. The highest BCUT2D eigenvalue weighted by atomic mass is 16.1. The van der Waals surface area contributed by atoms with Gasteiger partial charge in [-0.1, -0.05) is 32.0 Å². The van der Waals surface area contributed by atoms with Crippen LogP contribution in [0.25, 0.3) is 0 Å². The van der Waals surface area contributed by atoms with Gasteiger partial charge in [0.1, 0.15) is 5.54 Å². The average Bonchev–Trinajstić information content (AvgIpc) is 2.35. The van der Waals surface area contributed by atoms with E-state index in [1.807, 2.05) is 31.2 Å². The maximum absolute atomic E-state index is 12.1. The van der Waals surface area contributed by atoms with Crippen molar-refractivity contribution in [3.63, 3.8) is 0 Å². The Labute approximate surface area is 115 Å². The first-order chi connectivity index (χ1) is 8.95. The van der Waals surface area contributed by atoms with E-state index in [4.69, 9.17) is 5.73 Å². The smallest absolute Gasteiger partial charge is 0.243 e. The van der Waals surface area contributed by atoms with Gasteiger partial charge in [0.25, 0.3) is 0 Å². The number of amides is 1. The number of hydrogen-bond acceptors (Lipinski definition) is 2. The summed E-state index contributed by atoms with van der Waals surface area (Å²) in [6, 6.07) is 8.06. The molecular formula is C16H24N2O. The quantitative estimate of drug-likeness (QED) is 0.877. The summed E-state index contributed by atoms with van der Waals surface area (Å²) in [5, 5.41) is 3.46. The van der Waals surface area contributed by atoms with E-state index in [1.165, 1.54) is 0 Å². The molecule has 1 aliphatic carbocycles. The number of anilines is 1. The summed E-state index contributed by atoms with van der Waals surface area (Å²) < 4.78 is 0. The van der Waals surface area contributed by atoms with Crippen molar-refractivity contribution in [2.75, 3.05) is 5.32 Å². The molecule has 1 aliphatic rings. The fourth-order valence-electron chi connectivity index (χ4n) is 3.21.